The molecule has 6 heteroatoms. The zero-order chi connectivity index (χ0) is 19.9. The predicted molar refractivity (Wildman–Crippen MR) is 118 cm³/mol. The molecule has 0 saturated heterocycles. The topological polar surface area (TPSA) is 58.2 Å². The largest absolute Gasteiger partial charge is 0.352 e. The van der Waals surface area contributed by atoms with Crippen molar-refractivity contribution < 1.29 is 9.59 Å². The van der Waals surface area contributed by atoms with Crippen LogP contribution in [0.3, 0.4) is 0 Å². The van der Waals surface area contributed by atoms with Crippen molar-refractivity contribution in [1.82, 2.24) is 10.6 Å². The maximum atomic E-state index is 12.3. The van der Waals surface area contributed by atoms with E-state index in [4.69, 9.17) is 0 Å². The van der Waals surface area contributed by atoms with Crippen molar-refractivity contribution in [2.24, 2.45) is 11.8 Å². The summed E-state index contributed by atoms with van der Waals surface area (Å²) in [5.41, 5.74) is 1.56. The first-order valence-electron chi connectivity index (χ1n) is 10.3. The van der Waals surface area contributed by atoms with Crippen LogP contribution in [0.15, 0.2) is 22.9 Å². The summed E-state index contributed by atoms with van der Waals surface area (Å²) in [5.74, 6) is 1.07. The lowest BCUT2D eigenvalue weighted by Gasteiger charge is -2.29. The van der Waals surface area contributed by atoms with E-state index in [-0.39, 0.29) is 11.8 Å². The molecule has 2 amide bonds. The van der Waals surface area contributed by atoms with Crippen LogP contribution >= 0.6 is 22.7 Å². The lowest BCUT2D eigenvalue weighted by molar-refractivity contribution is 0.0936. The molecule has 0 aromatic carbocycles. The standard InChI is InChI=1S/C22H30N2O2S2/c1-3-19-9-17(13-27-19)21(25)23-11-15-6-5-7-16(8-15)12-24-22(26)18-10-20(4-2)28-14-18/h9-10,13-16H,3-8,11-12H2,1-2H3,(H,23,25)(H,24,26). The number of carbonyl (C=O) groups is 2. The summed E-state index contributed by atoms with van der Waals surface area (Å²) in [6.07, 6.45) is 6.47. The van der Waals surface area contributed by atoms with Crippen molar-refractivity contribution in [1.29, 1.82) is 0 Å². The van der Waals surface area contributed by atoms with Crippen LogP contribution in [0.25, 0.3) is 0 Å². The molecule has 0 aliphatic heterocycles. The molecular formula is C22H30N2O2S2. The number of thiophene rings is 2. The Morgan fingerprint density at radius 1 is 0.893 bits per heavy atom. The van der Waals surface area contributed by atoms with Crippen LogP contribution in [0.5, 0.6) is 0 Å². The third kappa shape index (κ3) is 5.67. The van der Waals surface area contributed by atoms with Gasteiger partial charge in [0, 0.05) is 33.6 Å². The molecule has 1 aliphatic carbocycles. The van der Waals surface area contributed by atoms with E-state index in [1.807, 2.05) is 22.9 Å². The second-order valence-corrected chi connectivity index (χ2v) is 9.62. The van der Waals surface area contributed by atoms with Crippen molar-refractivity contribution in [3.63, 3.8) is 0 Å². The number of hydrogen-bond acceptors (Lipinski definition) is 4. The zero-order valence-electron chi connectivity index (χ0n) is 16.8. The minimum atomic E-state index is 0.0376. The van der Waals surface area contributed by atoms with Gasteiger partial charge in [0.2, 0.25) is 0 Å². The van der Waals surface area contributed by atoms with Gasteiger partial charge in [-0.3, -0.25) is 9.59 Å². The van der Waals surface area contributed by atoms with Gasteiger partial charge in [0.25, 0.3) is 11.8 Å². The third-order valence-electron chi connectivity index (χ3n) is 5.52. The summed E-state index contributed by atoms with van der Waals surface area (Å²) >= 11 is 3.30. The highest BCUT2D eigenvalue weighted by molar-refractivity contribution is 7.10. The molecule has 2 unspecified atom stereocenters. The van der Waals surface area contributed by atoms with Gasteiger partial charge in [-0.05, 0) is 56.1 Å². The molecule has 2 aromatic rings. The fraction of sp³-hybridized carbons (Fsp3) is 0.545. The molecule has 2 atom stereocenters. The Balaban J connectivity index is 1.42. The normalized spacial score (nSPS) is 19.4. The van der Waals surface area contributed by atoms with Gasteiger partial charge >= 0.3 is 0 Å². The molecule has 1 fully saturated rings. The van der Waals surface area contributed by atoms with Crippen LogP contribution in [0.1, 0.15) is 70.0 Å². The molecule has 2 N–H and O–H groups in total. The van der Waals surface area contributed by atoms with Crippen molar-refractivity contribution in [2.75, 3.05) is 13.1 Å². The van der Waals surface area contributed by atoms with Crippen LogP contribution in [0.4, 0.5) is 0 Å². The first-order valence-corrected chi connectivity index (χ1v) is 12.1. The molecule has 152 valence electrons. The van der Waals surface area contributed by atoms with E-state index < -0.39 is 0 Å². The van der Waals surface area contributed by atoms with Gasteiger partial charge in [0.05, 0.1) is 11.1 Å². The number of carbonyl (C=O) groups excluding carboxylic acids is 2. The summed E-state index contributed by atoms with van der Waals surface area (Å²) in [7, 11) is 0. The van der Waals surface area contributed by atoms with E-state index >= 15 is 0 Å². The van der Waals surface area contributed by atoms with Gasteiger partial charge in [0.15, 0.2) is 0 Å². The Labute approximate surface area is 175 Å². The van der Waals surface area contributed by atoms with Crippen molar-refractivity contribution in [3.05, 3.63) is 43.8 Å². The van der Waals surface area contributed by atoms with Crippen LogP contribution in [-0.2, 0) is 12.8 Å². The smallest absolute Gasteiger partial charge is 0.252 e. The molecule has 3 rings (SSSR count). The highest BCUT2D eigenvalue weighted by atomic mass is 32.1. The van der Waals surface area contributed by atoms with Crippen LogP contribution in [0.2, 0.25) is 0 Å². The fourth-order valence-electron chi connectivity index (χ4n) is 3.82. The average Bonchev–Trinajstić information content (AvgIpc) is 3.40. The number of hydrogen-bond donors (Lipinski definition) is 2. The molecule has 2 aromatic heterocycles. The predicted octanol–water partition coefficient (Wildman–Crippen LogP) is 4.90. The quantitative estimate of drug-likeness (QED) is 0.640. The van der Waals surface area contributed by atoms with E-state index in [0.717, 1.165) is 62.7 Å². The highest BCUT2D eigenvalue weighted by Gasteiger charge is 2.23. The summed E-state index contributed by atoms with van der Waals surface area (Å²) in [6, 6.07) is 3.99. The third-order valence-corrected chi connectivity index (χ3v) is 7.68. The van der Waals surface area contributed by atoms with Crippen LogP contribution in [-0.4, -0.2) is 24.9 Å². The van der Waals surface area contributed by atoms with E-state index in [0.29, 0.717) is 11.8 Å². The average molecular weight is 419 g/mol. The zero-order valence-corrected chi connectivity index (χ0v) is 18.4. The minimum absolute atomic E-state index is 0.0376. The summed E-state index contributed by atoms with van der Waals surface area (Å²) in [4.78, 5) is 27.2. The van der Waals surface area contributed by atoms with Gasteiger partial charge in [0.1, 0.15) is 0 Å². The van der Waals surface area contributed by atoms with Gasteiger partial charge in [-0.25, -0.2) is 0 Å². The molecule has 4 nitrogen and oxygen atoms in total. The van der Waals surface area contributed by atoms with Gasteiger partial charge < -0.3 is 10.6 Å². The number of nitrogens with one attached hydrogen (secondary N) is 2. The second kappa shape index (κ2) is 10.2. The lowest BCUT2D eigenvalue weighted by atomic mass is 9.81. The van der Waals surface area contributed by atoms with Gasteiger partial charge in [-0.2, -0.15) is 0 Å². The summed E-state index contributed by atoms with van der Waals surface area (Å²) < 4.78 is 0. The van der Waals surface area contributed by atoms with Crippen molar-refractivity contribution >= 4 is 34.5 Å². The molecule has 28 heavy (non-hydrogen) atoms. The Hall–Kier alpha value is -1.66. The highest BCUT2D eigenvalue weighted by Crippen LogP contribution is 2.28. The number of amides is 2. The SMILES string of the molecule is CCc1cc(C(=O)NCC2CCCC(CNC(=O)c3csc(CC)c3)C2)cs1. The molecule has 0 radical (unpaired) electrons. The Morgan fingerprint density at radius 3 is 1.75 bits per heavy atom. The van der Waals surface area contributed by atoms with Crippen LogP contribution < -0.4 is 10.6 Å². The fourth-order valence-corrected chi connectivity index (χ4v) is 5.45. The molecule has 0 spiro atoms. The lowest BCUT2D eigenvalue weighted by Crippen LogP contribution is -2.35. The van der Waals surface area contributed by atoms with E-state index in [9.17, 15) is 9.59 Å². The monoisotopic (exact) mass is 418 g/mol. The Morgan fingerprint density at radius 2 is 1.36 bits per heavy atom. The summed E-state index contributed by atoms with van der Waals surface area (Å²) in [6.45, 7) is 5.67. The van der Waals surface area contributed by atoms with E-state index in [1.54, 1.807) is 22.7 Å². The molecule has 2 heterocycles. The Kier molecular flexibility index (Phi) is 7.68. The first-order chi connectivity index (χ1) is 13.6. The maximum absolute atomic E-state index is 12.3. The van der Waals surface area contributed by atoms with Crippen LogP contribution in [0, 0.1) is 11.8 Å². The maximum Gasteiger partial charge on any atom is 0.252 e. The molecule has 1 saturated carbocycles. The summed E-state index contributed by atoms with van der Waals surface area (Å²) in [5, 5.41) is 10.1. The van der Waals surface area contributed by atoms with Crippen molar-refractivity contribution in [2.45, 2.75) is 52.4 Å². The van der Waals surface area contributed by atoms with E-state index in [2.05, 4.69) is 24.5 Å². The first kappa shape index (κ1) is 21.1. The minimum Gasteiger partial charge on any atom is -0.352 e. The molecule has 1 aliphatic rings. The second-order valence-electron chi connectivity index (χ2n) is 7.63. The van der Waals surface area contributed by atoms with Crippen molar-refractivity contribution in [3.8, 4) is 0 Å². The molecule has 0 bridgehead atoms. The van der Waals surface area contributed by atoms with Gasteiger partial charge in [-0.1, -0.05) is 20.3 Å². The molecular weight excluding hydrogens is 388 g/mol. The van der Waals surface area contributed by atoms with E-state index in [1.165, 1.54) is 9.75 Å². The van der Waals surface area contributed by atoms with Gasteiger partial charge in [-0.15, -0.1) is 22.7 Å². The number of aryl methyl sites for hydroxylation is 2. The number of rotatable bonds is 8. The Bertz CT molecular complexity index is 732.